The molecule has 1 aromatic heterocycles. The average Bonchev–Trinajstić information content (AvgIpc) is 2.75. The Balaban J connectivity index is 1.82. The summed E-state index contributed by atoms with van der Waals surface area (Å²) in [6.07, 6.45) is 7.09. The van der Waals surface area contributed by atoms with Gasteiger partial charge in [-0.25, -0.2) is 4.98 Å². The molecule has 1 saturated heterocycles. The molecule has 0 spiro atoms. The van der Waals surface area contributed by atoms with Crippen molar-refractivity contribution in [1.29, 1.82) is 0 Å². The average molecular weight is 268 g/mol. The van der Waals surface area contributed by atoms with Gasteiger partial charge in [0.1, 0.15) is 0 Å². The molecule has 1 aliphatic rings. The first kappa shape index (κ1) is 14.0. The van der Waals surface area contributed by atoms with Crippen LogP contribution in [0.3, 0.4) is 0 Å². The Kier molecular flexibility index (Phi) is 4.76. The minimum atomic E-state index is 0.163. The van der Waals surface area contributed by atoms with Crippen LogP contribution in [0.1, 0.15) is 49.9 Å². The molecule has 0 amide bonds. The van der Waals surface area contributed by atoms with Crippen molar-refractivity contribution in [1.82, 2.24) is 10.3 Å². The highest BCUT2D eigenvalue weighted by atomic mass is 32.1. The van der Waals surface area contributed by atoms with Crippen LogP contribution in [0.25, 0.3) is 0 Å². The Morgan fingerprint density at radius 2 is 2.28 bits per heavy atom. The van der Waals surface area contributed by atoms with Gasteiger partial charge in [0.15, 0.2) is 0 Å². The predicted molar refractivity (Wildman–Crippen MR) is 76.0 cm³/mol. The van der Waals surface area contributed by atoms with Gasteiger partial charge in [0.2, 0.25) is 0 Å². The van der Waals surface area contributed by atoms with E-state index < -0.39 is 0 Å². The second-order valence-corrected chi connectivity index (χ2v) is 7.22. The molecule has 0 aromatic carbocycles. The van der Waals surface area contributed by atoms with E-state index in [1.165, 1.54) is 29.1 Å². The van der Waals surface area contributed by atoms with Gasteiger partial charge >= 0.3 is 0 Å². The monoisotopic (exact) mass is 268 g/mol. The molecule has 2 rings (SSSR count). The lowest BCUT2D eigenvalue weighted by atomic mass is 10.1. The highest BCUT2D eigenvalue weighted by Crippen LogP contribution is 2.21. The number of nitrogens with zero attached hydrogens (tertiary/aromatic N) is 1. The molecule has 3 nitrogen and oxygen atoms in total. The SMILES string of the molecule is CC(C)(C)NCc1cnc(CC2CCCCO2)s1. The lowest BCUT2D eigenvalue weighted by Crippen LogP contribution is -2.34. The fraction of sp³-hybridized carbons (Fsp3) is 0.786. The van der Waals surface area contributed by atoms with Crippen molar-refractivity contribution < 1.29 is 4.74 Å². The fourth-order valence-electron chi connectivity index (χ4n) is 2.04. The Morgan fingerprint density at radius 1 is 1.44 bits per heavy atom. The predicted octanol–water partition coefficient (Wildman–Crippen LogP) is 3.14. The third-order valence-corrected chi connectivity index (χ3v) is 4.09. The van der Waals surface area contributed by atoms with Gasteiger partial charge < -0.3 is 10.1 Å². The molecule has 0 radical (unpaired) electrons. The molecule has 1 aromatic rings. The van der Waals surface area contributed by atoms with Gasteiger partial charge in [0.05, 0.1) is 11.1 Å². The smallest absolute Gasteiger partial charge is 0.0954 e. The van der Waals surface area contributed by atoms with E-state index in [-0.39, 0.29) is 5.54 Å². The molecule has 18 heavy (non-hydrogen) atoms. The van der Waals surface area contributed by atoms with Crippen LogP contribution in [0.15, 0.2) is 6.20 Å². The highest BCUT2D eigenvalue weighted by molar-refractivity contribution is 7.11. The maximum atomic E-state index is 5.76. The number of ether oxygens (including phenoxy) is 1. The summed E-state index contributed by atoms with van der Waals surface area (Å²) >= 11 is 1.81. The van der Waals surface area contributed by atoms with E-state index in [1.807, 2.05) is 17.5 Å². The van der Waals surface area contributed by atoms with Gasteiger partial charge in [0.25, 0.3) is 0 Å². The van der Waals surface area contributed by atoms with Crippen molar-refractivity contribution in [2.75, 3.05) is 6.61 Å². The summed E-state index contributed by atoms with van der Waals surface area (Å²) in [6, 6.07) is 0. The quantitative estimate of drug-likeness (QED) is 0.911. The Hall–Kier alpha value is -0.450. The summed E-state index contributed by atoms with van der Waals surface area (Å²) in [5, 5.41) is 4.71. The zero-order chi connectivity index (χ0) is 13.0. The van der Waals surface area contributed by atoms with Gasteiger partial charge in [-0.15, -0.1) is 11.3 Å². The molecule has 4 heteroatoms. The van der Waals surface area contributed by atoms with E-state index in [1.54, 1.807) is 0 Å². The van der Waals surface area contributed by atoms with Crippen molar-refractivity contribution in [3.8, 4) is 0 Å². The number of rotatable bonds is 4. The van der Waals surface area contributed by atoms with Gasteiger partial charge in [-0.3, -0.25) is 0 Å². The van der Waals surface area contributed by atoms with Crippen LogP contribution in [-0.4, -0.2) is 23.2 Å². The minimum Gasteiger partial charge on any atom is -0.378 e. The number of hydrogen-bond acceptors (Lipinski definition) is 4. The van der Waals surface area contributed by atoms with Crippen LogP contribution in [0, 0.1) is 0 Å². The highest BCUT2D eigenvalue weighted by Gasteiger charge is 2.16. The summed E-state index contributed by atoms with van der Waals surface area (Å²) in [5.74, 6) is 0. The topological polar surface area (TPSA) is 34.2 Å². The molecule has 0 aliphatic carbocycles. The summed E-state index contributed by atoms with van der Waals surface area (Å²) < 4.78 is 5.76. The fourth-order valence-corrected chi connectivity index (χ4v) is 2.97. The number of nitrogens with one attached hydrogen (secondary N) is 1. The van der Waals surface area contributed by atoms with Crippen molar-refractivity contribution in [3.63, 3.8) is 0 Å². The summed E-state index contributed by atoms with van der Waals surface area (Å²) in [6.45, 7) is 8.39. The number of thiazole rings is 1. The van der Waals surface area contributed by atoms with E-state index in [0.29, 0.717) is 6.10 Å². The standard InChI is InChI=1S/C14H24N2OS/c1-14(2,3)16-10-12-9-15-13(18-12)8-11-6-4-5-7-17-11/h9,11,16H,4-8,10H2,1-3H3. The molecule has 1 N–H and O–H groups in total. The summed E-state index contributed by atoms with van der Waals surface area (Å²) in [4.78, 5) is 5.82. The van der Waals surface area contributed by atoms with Crippen molar-refractivity contribution in [3.05, 3.63) is 16.1 Å². The van der Waals surface area contributed by atoms with Crippen LogP contribution < -0.4 is 5.32 Å². The van der Waals surface area contributed by atoms with E-state index >= 15 is 0 Å². The second-order valence-electron chi connectivity index (χ2n) is 6.02. The van der Waals surface area contributed by atoms with Gasteiger partial charge in [-0.2, -0.15) is 0 Å². The van der Waals surface area contributed by atoms with Crippen LogP contribution in [0.4, 0.5) is 0 Å². The van der Waals surface area contributed by atoms with Crippen molar-refractivity contribution >= 4 is 11.3 Å². The van der Waals surface area contributed by atoms with Crippen LogP contribution >= 0.6 is 11.3 Å². The van der Waals surface area contributed by atoms with Crippen LogP contribution in [0.2, 0.25) is 0 Å². The molecule has 1 atom stereocenters. The number of aromatic nitrogens is 1. The first-order valence-electron chi connectivity index (χ1n) is 6.83. The molecule has 0 saturated carbocycles. The van der Waals surface area contributed by atoms with E-state index in [9.17, 15) is 0 Å². The van der Waals surface area contributed by atoms with Crippen molar-refractivity contribution in [2.24, 2.45) is 0 Å². The zero-order valence-electron chi connectivity index (χ0n) is 11.7. The normalized spacial score (nSPS) is 21.2. The first-order chi connectivity index (χ1) is 8.53. The minimum absolute atomic E-state index is 0.163. The van der Waals surface area contributed by atoms with Crippen LogP contribution in [0.5, 0.6) is 0 Å². The molecule has 2 heterocycles. The van der Waals surface area contributed by atoms with E-state index in [2.05, 4.69) is 31.1 Å². The Labute approximate surface area is 114 Å². The second kappa shape index (κ2) is 6.13. The third-order valence-electron chi connectivity index (χ3n) is 3.07. The summed E-state index contributed by atoms with van der Waals surface area (Å²) in [7, 11) is 0. The first-order valence-corrected chi connectivity index (χ1v) is 7.65. The van der Waals surface area contributed by atoms with E-state index in [0.717, 1.165) is 19.6 Å². The summed E-state index contributed by atoms with van der Waals surface area (Å²) in [5.41, 5.74) is 0.163. The molecule has 1 aliphatic heterocycles. The van der Waals surface area contributed by atoms with Crippen LogP contribution in [-0.2, 0) is 17.7 Å². The maximum absolute atomic E-state index is 5.76. The van der Waals surface area contributed by atoms with E-state index in [4.69, 9.17) is 4.74 Å². The van der Waals surface area contributed by atoms with Gasteiger partial charge in [-0.1, -0.05) is 0 Å². The van der Waals surface area contributed by atoms with Gasteiger partial charge in [-0.05, 0) is 40.0 Å². The molecule has 1 fully saturated rings. The molecular formula is C14H24N2OS. The lowest BCUT2D eigenvalue weighted by Gasteiger charge is -2.21. The molecular weight excluding hydrogens is 244 g/mol. The maximum Gasteiger partial charge on any atom is 0.0954 e. The molecule has 102 valence electrons. The Morgan fingerprint density at radius 3 is 2.94 bits per heavy atom. The molecule has 1 unspecified atom stereocenters. The zero-order valence-corrected chi connectivity index (χ0v) is 12.5. The molecule has 0 bridgehead atoms. The lowest BCUT2D eigenvalue weighted by molar-refractivity contribution is 0.0168. The van der Waals surface area contributed by atoms with Crippen molar-refractivity contribution in [2.45, 2.75) is 64.6 Å². The van der Waals surface area contributed by atoms with Gasteiger partial charge in [0, 0.05) is 36.2 Å². The third kappa shape index (κ3) is 4.67. The Bertz CT molecular complexity index is 364. The largest absolute Gasteiger partial charge is 0.378 e. The number of hydrogen-bond donors (Lipinski definition) is 1.